The Labute approximate surface area is 367 Å². The molecule has 8 rings (SSSR count). The third-order valence-corrected chi connectivity index (χ3v) is 11.3. The zero-order chi connectivity index (χ0) is 43.4. The second-order valence-corrected chi connectivity index (χ2v) is 16.1. The largest absolute Gasteiger partial charge is 0.491 e. The Bertz CT molecular complexity index is 2770. The van der Waals surface area contributed by atoms with Gasteiger partial charge in [0.25, 0.3) is 15.6 Å². The number of hydrogen-bond acceptors (Lipinski definition) is 9. The van der Waals surface area contributed by atoms with Crippen LogP contribution in [-0.4, -0.2) is 59.2 Å². The quantitative estimate of drug-likeness (QED) is 0.0450. The second-order valence-electron chi connectivity index (χ2n) is 14.7. The van der Waals surface area contributed by atoms with E-state index in [-0.39, 0.29) is 11.5 Å². The lowest BCUT2D eigenvalue weighted by atomic mass is 10.0. The molecule has 6 aromatic carbocycles. The van der Waals surface area contributed by atoms with Crippen molar-refractivity contribution in [3.63, 3.8) is 0 Å². The first-order chi connectivity index (χ1) is 30.8. The van der Waals surface area contributed by atoms with E-state index in [0.717, 1.165) is 56.1 Å². The van der Waals surface area contributed by atoms with Gasteiger partial charge in [-0.25, -0.2) is 0 Å². The van der Waals surface area contributed by atoms with Gasteiger partial charge < -0.3 is 33.0 Å². The molecule has 2 heterocycles. The number of anilines is 1. The summed E-state index contributed by atoms with van der Waals surface area (Å²) < 4.78 is 71.0. The van der Waals surface area contributed by atoms with Gasteiger partial charge in [-0.15, -0.1) is 0 Å². The molecule has 0 bridgehead atoms. The van der Waals surface area contributed by atoms with Crippen LogP contribution in [-0.2, 0) is 26.1 Å². The summed E-state index contributed by atoms with van der Waals surface area (Å²) in [5.41, 5.74) is 8.01. The Hall–Kier alpha value is -6.70. The molecule has 0 fully saturated rings. The number of hydrogen-bond donors (Lipinski definition) is 1. The molecule has 1 aliphatic heterocycles. The Morgan fingerprint density at radius 2 is 1.27 bits per heavy atom. The highest BCUT2D eigenvalue weighted by Crippen LogP contribution is 2.42. The molecule has 1 aromatic heterocycles. The number of para-hydroxylation sites is 1. The SMILES string of the molecule is CCC(=Cc1oc2ccc(-c3ccccc3)cc2[n+]1CCOCCOc1ccc(S(=O)(=O)O)cc1)C=C1Oc2ccc(-c3ccccc3)cc2N1CCOCCOc1ccccc1. The summed E-state index contributed by atoms with van der Waals surface area (Å²) in [5, 5.41) is 0. The summed E-state index contributed by atoms with van der Waals surface area (Å²) in [4.78, 5) is 1.97. The van der Waals surface area contributed by atoms with Crippen LogP contribution in [0.1, 0.15) is 19.2 Å². The van der Waals surface area contributed by atoms with Crippen LogP contribution in [0.15, 0.2) is 179 Å². The van der Waals surface area contributed by atoms with Gasteiger partial charge in [0.15, 0.2) is 12.3 Å². The number of fused-ring (bicyclic) bond motifs is 2. The minimum absolute atomic E-state index is 0.194. The van der Waals surface area contributed by atoms with Gasteiger partial charge >= 0.3 is 5.89 Å². The molecule has 1 N–H and O–H groups in total. The van der Waals surface area contributed by atoms with Crippen molar-refractivity contribution in [2.24, 2.45) is 0 Å². The van der Waals surface area contributed by atoms with E-state index in [4.69, 9.17) is 28.1 Å². The lowest BCUT2D eigenvalue weighted by Gasteiger charge is -2.19. The molecule has 0 aliphatic carbocycles. The topological polar surface area (TPSA) is 121 Å². The Morgan fingerprint density at radius 1 is 0.667 bits per heavy atom. The van der Waals surface area contributed by atoms with Gasteiger partial charge in [0.05, 0.1) is 36.5 Å². The number of nitrogens with zero attached hydrogens (tertiary/aromatic N) is 2. The van der Waals surface area contributed by atoms with Crippen molar-refractivity contribution in [1.82, 2.24) is 0 Å². The molecule has 0 radical (unpaired) electrons. The molecule has 322 valence electrons. The van der Waals surface area contributed by atoms with Gasteiger partial charge in [-0.05, 0) is 88.8 Å². The first-order valence-electron chi connectivity index (χ1n) is 20.9. The highest BCUT2D eigenvalue weighted by molar-refractivity contribution is 7.85. The Morgan fingerprint density at radius 3 is 1.92 bits per heavy atom. The molecule has 0 saturated heterocycles. The highest BCUT2D eigenvalue weighted by Gasteiger charge is 2.28. The van der Waals surface area contributed by atoms with Gasteiger partial charge in [-0.2, -0.15) is 13.0 Å². The summed E-state index contributed by atoms with van der Waals surface area (Å²) in [5.74, 6) is 3.41. The average Bonchev–Trinajstić information content (AvgIpc) is 3.84. The maximum atomic E-state index is 11.4. The zero-order valence-corrected chi connectivity index (χ0v) is 35.8. The highest BCUT2D eigenvalue weighted by atomic mass is 32.2. The standard InChI is InChI=1S/C51H48N2O9S/c1-2-38(34-50-52(26-28-57-30-32-59-43-16-10-5-11-17-43)46-36-41(18-24-48(46)61-50)39-12-6-3-7-13-39)35-51-53(47-37-42(19-25-49(47)62-51)40-14-8-4-9-15-40)27-29-58-31-33-60-44-20-22-45(23-21-44)63(54,55)56/h3-25,34-37H,2,26-33H2,1H3/p+1. The fourth-order valence-corrected chi connectivity index (χ4v) is 7.72. The fourth-order valence-electron chi connectivity index (χ4n) is 7.24. The van der Waals surface area contributed by atoms with Gasteiger partial charge in [-0.3, -0.25) is 4.55 Å². The summed E-state index contributed by atoms with van der Waals surface area (Å²) in [6.07, 6.45) is 4.83. The monoisotopic (exact) mass is 865 g/mol. The third-order valence-electron chi connectivity index (χ3n) is 10.5. The van der Waals surface area contributed by atoms with Crippen LogP contribution < -0.4 is 23.7 Å². The molecule has 0 atom stereocenters. The number of ether oxygens (including phenoxy) is 5. The van der Waals surface area contributed by atoms with E-state index in [0.29, 0.717) is 70.1 Å². The number of aromatic nitrogens is 1. The molecule has 0 saturated carbocycles. The van der Waals surface area contributed by atoms with Crippen molar-refractivity contribution in [2.75, 3.05) is 51.1 Å². The Kier molecular flexibility index (Phi) is 13.9. The van der Waals surface area contributed by atoms with Crippen molar-refractivity contribution < 1.29 is 45.6 Å². The lowest BCUT2D eigenvalue weighted by Crippen LogP contribution is -2.38. The maximum Gasteiger partial charge on any atom is 0.374 e. The van der Waals surface area contributed by atoms with E-state index in [1.165, 1.54) is 24.3 Å². The van der Waals surface area contributed by atoms with Crippen LogP contribution in [0.25, 0.3) is 39.4 Å². The molecule has 1 aliphatic rings. The smallest absolute Gasteiger partial charge is 0.374 e. The van der Waals surface area contributed by atoms with Crippen LogP contribution >= 0.6 is 0 Å². The molecule has 7 aromatic rings. The van der Waals surface area contributed by atoms with Crippen LogP contribution in [0.4, 0.5) is 5.69 Å². The molecule has 0 unspecified atom stereocenters. The first-order valence-corrected chi connectivity index (χ1v) is 22.4. The van der Waals surface area contributed by atoms with Crippen molar-refractivity contribution in [2.45, 2.75) is 24.8 Å². The minimum atomic E-state index is -4.28. The summed E-state index contributed by atoms with van der Waals surface area (Å²) in [6, 6.07) is 48.3. The van der Waals surface area contributed by atoms with Crippen LogP contribution in [0.2, 0.25) is 0 Å². The van der Waals surface area contributed by atoms with Gasteiger partial charge in [0.2, 0.25) is 11.5 Å². The van der Waals surface area contributed by atoms with Crippen molar-refractivity contribution in [3.05, 3.63) is 175 Å². The molecule has 12 heteroatoms. The van der Waals surface area contributed by atoms with Crippen LogP contribution in [0.3, 0.4) is 0 Å². The average molecular weight is 866 g/mol. The summed E-state index contributed by atoms with van der Waals surface area (Å²) >= 11 is 0. The minimum Gasteiger partial charge on any atom is -0.491 e. The second kappa shape index (κ2) is 20.4. The maximum absolute atomic E-state index is 11.4. The number of benzene rings is 6. The van der Waals surface area contributed by atoms with E-state index in [1.807, 2.05) is 78.9 Å². The van der Waals surface area contributed by atoms with E-state index in [9.17, 15) is 13.0 Å². The number of rotatable bonds is 20. The molecule has 63 heavy (non-hydrogen) atoms. The molecule has 0 spiro atoms. The molecule has 0 amide bonds. The van der Waals surface area contributed by atoms with Gasteiger partial charge in [-0.1, -0.05) is 97.9 Å². The summed E-state index contributed by atoms with van der Waals surface area (Å²) in [6.45, 7) is 5.43. The van der Waals surface area contributed by atoms with Crippen LogP contribution in [0, 0.1) is 0 Å². The lowest BCUT2D eigenvalue weighted by molar-refractivity contribution is -0.679. The molecular formula is C51H49N2O9S+. The predicted molar refractivity (Wildman–Crippen MR) is 243 cm³/mol. The van der Waals surface area contributed by atoms with Crippen molar-refractivity contribution >= 4 is 33.0 Å². The number of allylic oxidation sites excluding steroid dienone is 2. The van der Waals surface area contributed by atoms with Crippen molar-refractivity contribution in [3.8, 4) is 39.5 Å². The third kappa shape index (κ3) is 11.0. The molecule has 11 nitrogen and oxygen atoms in total. The van der Waals surface area contributed by atoms with E-state index < -0.39 is 10.1 Å². The normalized spacial score (nSPS) is 13.3. The number of oxazole rings is 1. The van der Waals surface area contributed by atoms with Gasteiger partial charge in [0.1, 0.15) is 31.3 Å². The fraction of sp³-hybridized carbons (Fsp3) is 0.196. The zero-order valence-electron chi connectivity index (χ0n) is 35.0. The first kappa shape index (κ1) is 43.0. The summed E-state index contributed by atoms with van der Waals surface area (Å²) in [7, 11) is -4.28. The predicted octanol–water partition coefficient (Wildman–Crippen LogP) is 10.0. The van der Waals surface area contributed by atoms with Gasteiger partial charge in [0, 0.05) is 18.7 Å². The van der Waals surface area contributed by atoms with Crippen molar-refractivity contribution in [1.29, 1.82) is 0 Å². The van der Waals surface area contributed by atoms with E-state index >= 15 is 0 Å². The van der Waals surface area contributed by atoms with Crippen LogP contribution in [0.5, 0.6) is 17.2 Å². The van der Waals surface area contributed by atoms with E-state index in [2.05, 4.69) is 77.1 Å². The van der Waals surface area contributed by atoms with E-state index in [1.54, 1.807) is 0 Å². The Balaban J connectivity index is 1.02. The molecular weight excluding hydrogens is 817 g/mol.